The van der Waals surface area contributed by atoms with Crippen molar-refractivity contribution < 1.29 is 18.1 Å². The summed E-state index contributed by atoms with van der Waals surface area (Å²) in [6.07, 6.45) is 0.546. The van der Waals surface area contributed by atoms with E-state index in [9.17, 15) is 13.6 Å². The van der Waals surface area contributed by atoms with Gasteiger partial charge in [-0.05, 0) is 37.8 Å². The first-order valence-electron chi connectivity index (χ1n) is 7.01. The van der Waals surface area contributed by atoms with E-state index in [1.54, 1.807) is 13.8 Å². The minimum Gasteiger partial charge on any atom is -0.344 e. The molecule has 22 heavy (non-hydrogen) atoms. The molecular formula is C15H15F2N3O2. The van der Waals surface area contributed by atoms with Gasteiger partial charge in [-0.1, -0.05) is 11.2 Å². The highest BCUT2D eigenvalue weighted by molar-refractivity contribution is 5.83. The van der Waals surface area contributed by atoms with Crippen LogP contribution in [0.2, 0.25) is 0 Å². The van der Waals surface area contributed by atoms with Crippen molar-refractivity contribution in [2.24, 2.45) is 5.92 Å². The van der Waals surface area contributed by atoms with E-state index in [1.165, 1.54) is 12.1 Å². The lowest BCUT2D eigenvalue weighted by Gasteiger charge is -2.09. The highest BCUT2D eigenvalue weighted by Gasteiger charge is 2.45. The molecule has 1 heterocycles. The maximum absolute atomic E-state index is 13.7. The second-order valence-electron chi connectivity index (χ2n) is 5.52. The van der Waals surface area contributed by atoms with Crippen molar-refractivity contribution in [1.82, 2.24) is 15.5 Å². The number of amides is 1. The summed E-state index contributed by atoms with van der Waals surface area (Å²) in [5.74, 6) is -1.13. The van der Waals surface area contributed by atoms with Gasteiger partial charge in [0.15, 0.2) is 5.82 Å². The first kappa shape index (κ1) is 14.6. The van der Waals surface area contributed by atoms with Gasteiger partial charge in [-0.15, -0.1) is 0 Å². The van der Waals surface area contributed by atoms with Crippen LogP contribution in [0.3, 0.4) is 0 Å². The molecule has 0 saturated heterocycles. The zero-order chi connectivity index (χ0) is 15.9. The predicted molar refractivity (Wildman–Crippen MR) is 72.8 cm³/mol. The molecule has 0 spiro atoms. The molecule has 1 aromatic heterocycles. The van der Waals surface area contributed by atoms with Crippen molar-refractivity contribution >= 4 is 5.91 Å². The molecule has 3 rings (SSSR count). The quantitative estimate of drug-likeness (QED) is 0.943. The highest BCUT2D eigenvalue weighted by Crippen LogP contribution is 2.48. The van der Waals surface area contributed by atoms with E-state index in [-0.39, 0.29) is 17.7 Å². The van der Waals surface area contributed by atoms with Crippen molar-refractivity contribution in [2.45, 2.75) is 32.2 Å². The number of benzene rings is 1. The Hall–Kier alpha value is -2.31. The third kappa shape index (κ3) is 2.84. The van der Waals surface area contributed by atoms with Crippen molar-refractivity contribution in [3.05, 3.63) is 47.1 Å². The molecule has 1 aromatic carbocycles. The lowest BCUT2D eigenvalue weighted by Crippen LogP contribution is -2.28. The van der Waals surface area contributed by atoms with Crippen molar-refractivity contribution in [3.8, 4) is 0 Å². The fourth-order valence-corrected chi connectivity index (χ4v) is 2.50. The van der Waals surface area contributed by atoms with Gasteiger partial charge in [-0.25, -0.2) is 8.78 Å². The Labute approximate surface area is 125 Å². The van der Waals surface area contributed by atoms with E-state index in [0.29, 0.717) is 23.7 Å². The molecule has 1 fully saturated rings. The van der Waals surface area contributed by atoms with Gasteiger partial charge in [-0.3, -0.25) is 4.79 Å². The Balaban J connectivity index is 1.63. The topological polar surface area (TPSA) is 68.0 Å². The van der Waals surface area contributed by atoms with Crippen LogP contribution in [0.25, 0.3) is 0 Å². The van der Waals surface area contributed by atoms with Crippen molar-refractivity contribution in [3.63, 3.8) is 0 Å². The summed E-state index contributed by atoms with van der Waals surface area (Å²) in [6.45, 7) is 3.43. The summed E-state index contributed by atoms with van der Waals surface area (Å²) in [5.41, 5.74) is 0.378. The van der Waals surface area contributed by atoms with Crippen LogP contribution >= 0.6 is 0 Å². The zero-order valence-electron chi connectivity index (χ0n) is 12.1. The Morgan fingerprint density at radius 2 is 2.23 bits per heavy atom. The first-order chi connectivity index (χ1) is 10.5. The van der Waals surface area contributed by atoms with Crippen LogP contribution < -0.4 is 5.32 Å². The van der Waals surface area contributed by atoms with E-state index in [0.717, 1.165) is 6.07 Å². The van der Waals surface area contributed by atoms with Gasteiger partial charge in [-0.2, -0.15) is 4.98 Å². The average molecular weight is 307 g/mol. The smallest absolute Gasteiger partial charge is 0.248 e. The Bertz CT molecular complexity index is 717. The van der Waals surface area contributed by atoms with E-state index in [2.05, 4.69) is 15.5 Å². The normalized spacial score (nSPS) is 21.5. The highest BCUT2D eigenvalue weighted by atomic mass is 19.1. The molecular weight excluding hydrogens is 292 g/mol. The van der Waals surface area contributed by atoms with Crippen LogP contribution in [0.5, 0.6) is 0 Å². The third-order valence-corrected chi connectivity index (χ3v) is 3.76. The molecule has 2 aromatic rings. The molecule has 1 aliphatic rings. The summed E-state index contributed by atoms with van der Waals surface area (Å²) in [4.78, 5) is 16.2. The molecule has 0 bridgehead atoms. The summed E-state index contributed by atoms with van der Waals surface area (Å²) in [6, 6.07) is 3.03. The van der Waals surface area contributed by atoms with Crippen LogP contribution in [0.4, 0.5) is 8.78 Å². The number of halogens is 2. The molecule has 0 unspecified atom stereocenters. The minimum absolute atomic E-state index is 0.197. The SMILES string of the molecule is Cc1noc([C@H](C)NC(=O)[C@@H]2C[C@@H]2c2ccc(F)cc2F)n1. The Morgan fingerprint density at radius 3 is 2.86 bits per heavy atom. The summed E-state index contributed by atoms with van der Waals surface area (Å²) in [5, 5.41) is 6.44. The molecule has 3 atom stereocenters. The molecule has 7 heteroatoms. The van der Waals surface area contributed by atoms with Gasteiger partial charge in [0.2, 0.25) is 11.8 Å². The first-order valence-corrected chi connectivity index (χ1v) is 7.01. The number of carbonyl (C=O) groups is 1. The number of carbonyl (C=O) groups excluding carboxylic acids is 1. The van der Waals surface area contributed by atoms with Crippen molar-refractivity contribution in [2.75, 3.05) is 0 Å². The number of hydrogen-bond acceptors (Lipinski definition) is 4. The van der Waals surface area contributed by atoms with Crippen LogP contribution in [-0.4, -0.2) is 16.0 Å². The fourth-order valence-electron chi connectivity index (χ4n) is 2.50. The number of nitrogens with zero attached hydrogens (tertiary/aromatic N) is 2. The van der Waals surface area contributed by atoms with Gasteiger partial charge in [0.1, 0.15) is 17.7 Å². The van der Waals surface area contributed by atoms with Gasteiger partial charge in [0, 0.05) is 12.0 Å². The average Bonchev–Trinajstić information content (AvgIpc) is 3.12. The minimum atomic E-state index is -0.622. The molecule has 1 N–H and O–H groups in total. The third-order valence-electron chi connectivity index (χ3n) is 3.76. The van der Waals surface area contributed by atoms with E-state index >= 15 is 0 Å². The van der Waals surface area contributed by atoms with Gasteiger partial charge >= 0.3 is 0 Å². The van der Waals surface area contributed by atoms with Crippen LogP contribution in [-0.2, 0) is 4.79 Å². The molecule has 1 aliphatic carbocycles. The maximum atomic E-state index is 13.7. The maximum Gasteiger partial charge on any atom is 0.248 e. The Morgan fingerprint density at radius 1 is 1.45 bits per heavy atom. The van der Waals surface area contributed by atoms with E-state index in [1.807, 2.05) is 0 Å². The number of aryl methyl sites for hydroxylation is 1. The van der Waals surface area contributed by atoms with Crippen LogP contribution in [0.15, 0.2) is 22.7 Å². The predicted octanol–water partition coefficient (Wildman–Crippen LogP) is 2.64. The molecule has 0 radical (unpaired) electrons. The Kier molecular flexibility index (Phi) is 3.64. The monoisotopic (exact) mass is 307 g/mol. The van der Waals surface area contributed by atoms with Gasteiger partial charge in [0.25, 0.3) is 0 Å². The lowest BCUT2D eigenvalue weighted by atomic mass is 10.1. The fraction of sp³-hybridized carbons (Fsp3) is 0.400. The number of hydrogen-bond donors (Lipinski definition) is 1. The summed E-state index contributed by atoms with van der Waals surface area (Å²) < 4.78 is 31.6. The second-order valence-corrected chi connectivity index (χ2v) is 5.52. The van der Waals surface area contributed by atoms with E-state index < -0.39 is 17.7 Å². The van der Waals surface area contributed by atoms with E-state index in [4.69, 9.17) is 4.52 Å². The zero-order valence-corrected chi connectivity index (χ0v) is 12.1. The largest absolute Gasteiger partial charge is 0.344 e. The number of rotatable bonds is 4. The standard InChI is InChI=1S/C15H15F2N3O2/c1-7(15-19-8(2)20-22-15)18-14(21)12-6-11(12)10-4-3-9(16)5-13(10)17/h3-5,7,11-12H,6H2,1-2H3,(H,18,21)/t7-,11+,12+/m0/s1. The molecule has 1 saturated carbocycles. The molecule has 5 nitrogen and oxygen atoms in total. The van der Waals surface area contributed by atoms with Crippen LogP contribution in [0.1, 0.15) is 42.6 Å². The van der Waals surface area contributed by atoms with Gasteiger partial charge in [0.05, 0.1) is 0 Å². The van der Waals surface area contributed by atoms with Crippen molar-refractivity contribution in [1.29, 1.82) is 0 Å². The summed E-state index contributed by atoms with van der Waals surface area (Å²) >= 11 is 0. The second kappa shape index (κ2) is 5.47. The molecule has 0 aliphatic heterocycles. The van der Waals surface area contributed by atoms with Gasteiger partial charge < -0.3 is 9.84 Å². The number of aromatic nitrogens is 2. The van der Waals surface area contributed by atoms with Crippen LogP contribution in [0, 0.1) is 24.5 Å². The lowest BCUT2D eigenvalue weighted by molar-refractivity contribution is -0.123. The summed E-state index contributed by atoms with van der Waals surface area (Å²) in [7, 11) is 0. The molecule has 1 amide bonds. The number of nitrogens with one attached hydrogen (secondary N) is 1. The molecule has 116 valence electrons.